The van der Waals surface area contributed by atoms with E-state index in [1.807, 2.05) is 49.2 Å². The summed E-state index contributed by atoms with van der Waals surface area (Å²) in [6.45, 7) is 2.48. The molecule has 0 saturated heterocycles. The summed E-state index contributed by atoms with van der Waals surface area (Å²) in [6, 6.07) is 16.2. The van der Waals surface area contributed by atoms with Crippen LogP contribution < -0.4 is 5.14 Å². The fourth-order valence-corrected chi connectivity index (χ4v) is 3.08. The van der Waals surface area contributed by atoms with E-state index >= 15 is 0 Å². The van der Waals surface area contributed by atoms with Crippen molar-refractivity contribution >= 4 is 10.0 Å². The Morgan fingerprint density at radius 3 is 2.38 bits per heavy atom. The summed E-state index contributed by atoms with van der Waals surface area (Å²) >= 11 is 0. The van der Waals surface area contributed by atoms with Gasteiger partial charge in [-0.2, -0.15) is 4.98 Å². The van der Waals surface area contributed by atoms with Crippen LogP contribution in [0.3, 0.4) is 0 Å². The van der Waals surface area contributed by atoms with E-state index in [0.717, 1.165) is 11.1 Å². The van der Waals surface area contributed by atoms with E-state index in [-0.39, 0.29) is 10.9 Å². The number of aromatic nitrogens is 2. The number of rotatable bonds is 6. The minimum absolute atomic E-state index is 0.0246. The molecular formula is C18H20N4O3S. The number of hydrogen-bond acceptors (Lipinski definition) is 6. The normalized spacial score (nSPS) is 13.1. The Kier molecular flexibility index (Phi) is 5.17. The van der Waals surface area contributed by atoms with Gasteiger partial charge in [-0.1, -0.05) is 47.6 Å². The molecule has 0 aliphatic carbocycles. The third-order valence-corrected chi connectivity index (χ3v) is 5.17. The Morgan fingerprint density at radius 1 is 1.12 bits per heavy atom. The Bertz CT molecular complexity index is 969. The first kappa shape index (κ1) is 18.2. The fraction of sp³-hybridized carbons (Fsp3) is 0.222. The number of sulfonamides is 1. The lowest BCUT2D eigenvalue weighted by atomic mass is 10.1. The van der Waals surface area contributed by atoms with Crippen LogP contribution in [0.2, 0.25) is 0 Å². The van der Waals surface area contributed by atoms with Gasteiger partial charge in [0.1, 0.15) is 0 Å². The molecule has 2 N–H and O–H groups in total. The van der Waals surface area contributed by atoms with Crippen LogP contribution in [0.1, 0.15) is 24.4 Å². The molecule has 7 nitrogen and oxygen atoms in total. The van der Waals surface area contributed by atoms with E-state index in [2.05, 4.69) is 10.1 Å². The largest absolute Gasteiger partial charge is 0.338 e. The van der Waals surface area contributed by atoms with Gasteiger partial charge in [-0.25, -0.2) is 13.6 Å². The first-order chi connectivity index (χ1) is 12.3. The highest BCUT2D eigenvalue weighted by Crippen LogP contribution is 2.22. The number of hydrogen-bond donors (Lipinski definition) is 1. The van der Waals surface area contributed by atoms with Gasteiger partial charge in [-0.3, -0.25) is 4.90 Å². The quantitative estimate of drug-likeness (QED) is 0.713. The average Bonchev–Trinajstić information content (AvgIpc) is 3.09. The van der Waals surface area contributed by atoms with E-state index in [9.17, 15) is 8.42 Å². The van der Waals surface area contributed by atoms with E-state index in [1.54, 1.807) is 12.1 Å². The van der Waals surface area contributed by atoms with E-state index in [1.165, 1.54) is 12.1 Å². The van der Waals surface area contributed by atoms with E-state index in [0.29, 0.717) is 18.3 Å². The number of nitrogens with two attached hydrogens (primary N) is 1. The first-order valence-corrected chi connectivity index (χ1v) is 9.60. The van der Waals surface area contributed by atoms with Gasteiger partial charge in [0, 0.05) is 11.6 Å². The van der Waals surface area contributed by atoms with Crippen LogP contribution in [0, 0.1) is 0 Å². The average molecular weight is 372 g/mol. The molecule has 0 aliphatic heterocycles. The first-order valence-electron chi connectivity index (χ1n) is 8.05. The van der Waals surface area contributed by atoms with Crippen LogP contribution in [-0.4, -0.2) is 30.5 Å². The maximum absolute atomic E-state index is 11.3. The molecule has 136 valence electrons. The van der Waals surface area contributed by atoms with Crippen LogP contribution in [0.5, 0.6) is 0 Å². The highest BCUT2D eigenvalue weighted by atomic mass is 32.2. The zero-order valence-corrected chi connectivity index (χ0v) is 15.3. The number of benzene rings is 2. The van der Waals surface area contributed by atoms with Crippen LogP contribution in [0.4, 0.5) is 0 Å². The molecule has 0 bridgehead atoms. The van der Waals surface area contributed by atoms with Gasteiger partial charge >= 0.3 is 0 Å². The van der Waals surface area contributed by atoms with Gasteiger partial charge < -0.3 is 4.52 Å². The minimum atomic E-state index is -3.68. The molecule has 0 aliphatic rings. The maximum Gasteiger partial charge on any atom is 0.241 e. The monoisotopic (exact) mass is 372 g/mol. The van der Waals surface area contributed by atoms with Gasteiger partial charge in [-0.15, -0.1) is 0 Å². The van der Waals surface area contributed by atoms with Crippen LogP contribution in [0.25, 0.3) is 11.4 Å². The van der Waals surface area contributed by atoms with Crippen molar-refractivity contribution in [2.24, 2.45) is 5.14 Å². The molecule has 0 saturated carbocycles. The second-order valence-corrected chi connectivity index (χ2v) is 7.64. The van der Waals surface area contributed by atoms with Crippen molar-refractivity contribution in [2.75, 3.05) is 7.05 Å². The molecule has 0 spiro atoms. The summed E-state index contributed by atoms with van der Waals surface area (Å²) in [7, 11) is -1.75. The molecule has 3 aromatic rings. The van der Waals surface area contributed by atoms with Gasteiger partial charge in [-0.05, 0) is 31.7 Å². The van der Waals surface area contributed by atoms with Crippen molar-refractivity contribution in [3.8, 4) is 11.4 Å². The smallest absolute Gasteiger partial charge is 0.241 e. The predicted octanol–water partition coefficient (Wildman–Crippen LogP) is 2.58. The Labute approximate surface area is 152 Å². The Morgan fingerprint density at radius 2 is 1.77 bits per heavy atom. The molecule has 1 heterocycles. The van der Waals surface area contributed by atoms with Crippen LogP contribution >= 0.6 is 0 Å². The minimum Gasteiger partial charge on any atom is -0.338 e. The lowest BCUT2D eigenvalue weighted by Gasteiger charge is -2.23. The molecule has 26 heavy (non-hydrogen) atoms. The van der Waals surface area contributed by atoms with Crippen molar-refractivity contribution in [3.63, 3.8) is 0 Å². The summed E-state index contributed by atoms with van der Waals surface area (Å²) in [5.74, 6) is 1.07. The van der Waals surface area contributed by atoms with Crippen molar-refractivity contribution in [1.29, 1.82) is 0 Å². The number of primary sulfonamides is 1. The molecule has 2 aromatic carbocycles. The Balaban J connectivity index is 1.70. The molecule has 1 aromatic heterocycles. The van der Waals surface area contributed by atoms with Crippen LogP contribution in [0.15, 0.2) is 64.0 Å². The molecule has 0 fully saturated rings. The molecule has 1 atom stereocenters. The van der Waals surface area contributed by atoms with Crippen molar-refractivity contribution < 1.29 is 12.9 Å². The van der Waals surface area contributed by atoms with Gasteiger partial charge in [0.15, 0.2) is 0 Å². The second kappa shape index (κ2) is 7.36. The highest BCUT2D eigenvalue weighted by Gasteiger charge is 2.17. The lowest BCUT2D eigenvalue weighted by Crippen LogP contribution is -2.22. The lowest BCUT2D eigenvalue weighted by molar-refractivity contribution is 0.216. The van der Waals surface area contributed by atoms with Gasteiger partial charge in [0.2, 0.25) is 21.7 Å². The van der Waals surface area contributed by atoms with E-state index in [4.69, 9.17) is 9.66 Å². The van der Waals surface area contributed by atoms with Gasteiger partial charge in [0.25, 0.3) is 0 Å². The topological polar surface area (TPSA) is 102 Å². The van der Waals surface area contributed by atoms with Crippen LogP contribution in [-0.2, 0) is 16.6 Å². The third kappa shape index (κ3) is 4.16. The van der Waals surface area contributed by atoms with E-state index < -0.39 is 10.0 Å². The zero-order valence-electron chi connectivity index (χ0n) is 14.5. The molecule has 0 amide bonds. The summed E-state index contributed by atoms with van der Waals surface area (Å²) in [5, 5.41) is 9.15. The SMILES string of the molecule is CC(c1ccc(S(N)(=O)=O)cc1)N(C)Cc1nc(-c2ccccc2)no1. The molecular weight excluding hydrogens is 352 g/mol. The highest BCUT2D eigenvalue weighted by molar-refractivity contribution is 7.89. The standard InChI is InChI=1S/C18H20N4O3S/c1-13(14-8-10-16(11-9-14)26(19,23)24)22(2)12-17-20-18(21-25-17)15-6-4-3-5-7-15/h3-11,13H,12H2,1-2H3,(H2,19,23,24). The number of nitrogens with zero attached hydrogens (tertiary/aromatic N) is 3. The molecule has 0 radical (unpaired) electrons. The van der Waals surface area contributed by atoms with Crippen molar-refractivity contribution in [1.82, 2.24) is 15.0 Å². The van der Waals surface area contributed by atoms with Crippen molar-refractivity contribution in [2.45, 2.75) is 24.4 Å². The maximum atomic E-state index is 11.3. The van der Waals surface area contributed by atoms with Crippen molar-refractivity contribution in [3.05, 3.63) is 66.1 Å². The summed E-state index contributed by atoms with van der Waals surface area (Å²) in [6.07, 6.45) is 0. The molecule has 8 heteroatoms. The molecule has 1 unspecified atom stereocenters. The Hall–Kier alpha value is -2.55. The summed E-state index contributed by atoms with van der Waals surface area (Å²) in [4.78, 5) is 6.56. The third-order valence-electron chi connectivity index (χ3n) is 4.24. The fourth-order valence-electron chi connectivity index (χ4n) is 2.56. The van der Waals surface area contributed by atoms with Gasteiger partial charge in [0.05, 0.1) is 11.4 Å². The predicted molar refractivity (Wildman–Crippen MR) is 97.4 cm³/mol. The molecule has 3 rings (SSSR count). The summed E-state index contributed by atoms with van der Waals surface area (Å²) < 4.78 is 28.0. The zero-order chi connectivity index (χ0) is 18.7. The summed E-state index contributed by atoms with van der Waals surface area (Å²) in [5.41, 5.74) is 1.86. The second-order valence-electron chi connectivity index (χ2n) is 6.08.